The third-order valence-corrected chi connectivity index (χ3v) is 3.62. The fourth-order valence-corrected chi connectivity index (χ4v) is 2.47. The second-order valence-electron chi connectivity index (χ2n) is 4.96. The van der Waals surface area contributed by atoms with Crippen LogP contribution < -0.4 is 9.47 Å². The topological polar surface area (TPSA) is 57.7 Å². The van der Waals surface area contributed by atoms with E-state index in [1.54, 1.807) is 13.2 Å². The number of esters is 1. The molecular weight excluding hydrogens is 282 g/mol. The molecule has 0 saturated carbocycles. The third kappa shape index (κ3) is 2.98. The number of benzene rings is 1. The maximum Gasteiger partial charge on any atom is 0.343 e. The molecule has 0 radical (unpaired) electrons. The lowest BCUT2D eigenvalue weighted by Gasteiger charge is -2.13. The van der Waals surface area contributed by atoms with Crippen LogP contribution in [0.25, 0.3) is 10.9 Å². The molecule has 0 aliphatic rings. The molecule has 1 aromatic heterocycles. The predicted octanol–water partition coefficient (Wildman–Crippen LogP) is 3.38. The van der Waals surface area contributed by atoms with E-state index < -0.39 is 5.97 Å². The lowest BCUT2D eigenvalue weighted by atomic mass is 10.0. The number of pyridine rings is 1. The lowest BCUT2D eigenvalue weighted by Crippen LogP contribution is -2.07. The second kappa shape index (κ2) is 7.11. The van der Waals surface area contributed by atoms with Crippen LogP contribution in [0.5, 0.6) is 11.6 Å². The Morgan fingerprint density at radius 3 is 2.55 bits per heavy atom. The van der Waals surface area contributed by atoms with Gasteiger partial charge in [-0.25, -0.2) is 9.78 Å². The molecule has 0 unspecified atom stereocenters. The molecule has 0 atom stereocenters. The first-order valence-corrected chi connectivity index (χ1v) is 7.29. The summed E-state index contributed by atoms with van der Waals surface area (Å²) in [5.74, 6) is 0.461. The molecule has 0 aliphatic carbocycles. The summed E-state index contributed by atoms with van der Waals surface area (Å²) in [5.41, 5.74) is 1.99. The number of aryl methyl sites for hydroxylation is 1. The molecule has 2 aromatic rings. The minimum Gasteiger partial charge on any atom is -0.496 e. The zero-order valence-electron chi connectivity index (χ0n) is 13.4. The molecule has 0 bridgehead atoms. The number of ether oxygens (including phenoxy) is 3. The number of methoxy groups -OCH3 is 3. The molecular formula is C17H21NO4. The Bertz CT molecular complexity index is 682. The predicted molar refractivity (Wildman–Crippen MR) is 84.8 cm³/mol. The van der Waals surface area contributed by atoms with Gasteiger partial charge in [0.05, 0.1) is 26.8 Å². The van der Waals surface area contributed by atoms with E-state index in [9.17, 15) is 4.79 Å². The molecule has 0 spiro atoms. The number of hydrogen-bond donors (Lipinski definition) is 0. The van der Waals surface area contributed by atoms with Crippen LogP contribution in [0.4, 0.5) is 0 Å². The van der Waals surface area contributed by atoms with Crippen molar-refractivity contribution in [2.24, 2.45) is 0 Å². The molecule has 118 valence electrons. The first-order chi connectivity index (χ1) is 10.7. The molecule has 1 aromatic carbocycles. The van der Waals surface area contributed by atoms with E-state index in [0.29, 0.717) is 22.7 Å². The molecule has 0 aliphatic heterocycles. The van der Waals surface area contributed by atoms with Crippen LogP contribution in [0.15, 0.2) is 18.2 Å². The van der Waals surface area contributed by atoms with Gasteiger partial charge in [0.25, 0.3) is 0 Å². The minimum absolute atomic E-state index is 0.333. The van der Waals surface area contributed by atoms with Crippen LogP contribution in [0, 0.1) is 0 Å². The van der Waals surface area contributed by atoms with Gasteiger partial charge in [-0.05, 0) is 30.5 Å². The zero-order valence-corrected chi connectivity index (χ0v) is 13.4. The van der Waals surface area contributed by atoms with E-state index in [4.69, 9.17) is 14.2 Å². The van der Waals surface area contributed by atoms with Crippen molar-refractivity contribution in [3.63, 3.8) is 0 Å². The van der Waals surface area contributed by atoms with Gasteiger partial charge >= 0.3 is 5.97 Å². The van der Waals surface area contributed by atoms with E-state index in [1.165, 1.54) is 14.2 Å². The Morgan fingerprint density at radius 2 is 1.95 bits per heavy atom. The summed E-state index contributed by atoms with van der Waals surface area (Å²) in [6, 6.07) is 5.63. The van der Waals surface area contributed by atoms with Gasteiger partial charge in [-0.3, -0.25) is 0 Å². The smallest absolute Gasteiger partial charge is 0.343 e. The number of carbonyl (C=O) groups is 1. The van der Waals surface area contributed by atoms with Crippen molar-refractivity contribution >= 4 is 16.9 Å². The summed E-state index contributed by atoms with van der Waals surface area (Å²) in [6.07, 6.45) is 3.05. The highest BCUT2D eigenvalue weighted by Gasteiger charge is 2.20. The Kier molecular flexibility index (Phi) is 5.20. The van der Waals surface area contributed by atoms with Crippen molar-refractivity contribution in [2.75, 3.05) is 21.3 Å². The van der Waals surface area contributed by atoms with Crippen molar-refractivity contribution in [2.45, 2.75) is 26.2 Å². The van der Waals surface area contributed by atoms with Crippen molar-refractivity contribution in [1.82, 2.24) is 4.98 Å². The van der Waals surface area contributed by atoms with Crippen molar-refractivity contribution in [3.8, 4) is 11.6 Å². The standard InChI is InChI=1S/C17H21NO4/c1-5-6-7-11-10-14(21-3)18-16-12(11)8-9-13(20-2)15(16)17(19)22-4/h8-10H,5-7H2,1-4H3. The van der Waals surface area contributed by atoms with Gasteiger partial charge in [-0.15, -0.1) is 0 Å². The van der Waals surface area contributed by atoms with E-state index in [0.717, 1.165) is 30.2 Å². The average Bonchev–Trinajstić information content (AvgIpc) is 2.57. The van der Waals surface area contributed by atoms with Gasteiger partial charge in [-0.1, -0.05) is 13.3 Å². The monoisotopic (exact) mass is 303 g/mol. The quantitative estimate of drug-likeness (QED) is 0.766. The molecule has 1 heterocycles. The normalized spacial score (nSPS) is 10.5. The van der Waals surface area contributed by atoms with Crippen LogP contribution in [0.2, 0.25) is 0 Å². The van der Waals surface area contributed by atoms with E-state index in [1.807, 2.05) is 12.1 Å². The van der Waals surface area contributed by atoms with Crippen molar-refractivity contribution in [3.05, 3.63) is 29.3 Å². The van der Waals surface area contributed by atoms with Gasteiger partial charge < -0.3 is 14.2 Å². The minimum atomic E-state index is -0.468. The van der Waals surface area contributed by atoms with Crippen LogP contribution in [-0.4, -0.2) is 32.3 Å². The van der Waals surface area contributed by atoms with Crippen LogP contribution in [0.1, 0.15) is 35.7 Å². The van der Waals surface area contributed by atoms with Crippen molar-refractivity contribution < 1.29 is 19.0 Å². The summed E-state index contributed by atoms with van der Waals surface area (Å²) in [7, 11) is 4.43. The Labute approximate surface area is 130 Å². The number of fused-ring (bicyclic) bond motifs is 1. The summed E-state index contributed by atoms with van der Waals surface area (Å²) in [5, 5.41) is 0.926. The molecule has 2 rings (SSSR count). The fourth-order valence-electron chi connectivity index (χ4n) is 2.47. The van der Waals surface area contributed by atoms with Crippen LogP contribution in [-0.2, 0) is 11.2 Å². The SMILES string of the molecule is CCCCc1cc(OC)nc2c(C(=O)OC)c(OC)ccc12. The number of hydrogen-bond acceptors (Lipinski definition) is 5. The van der Waals surface area contributed by atoms with Crippen LogP contribution in [0.3, 0.4) is 0 Å². The first-order valence-electron chi connectivity index (χ1n) is 7.29. The summed E-state index contributed by atoms with van der Waals surface area (Å²) < 4.78 is 15.5. The molecule has 5 heteroatoms. The Morgan fingerprint density at radius 1 is 1.18 bits per heavy atom. The fraction of sp³-hybridized carbons (Fsp3) is 0.412. The number of unbranched alkanes of at least 4 members (excludes halogenated alkanes) is 1. The Hall–Kier alpha value is -2.30. The molecule has 5 nitrogen and oxygen atoms in total. The number of aromatic nitrogens is 1. The largest absolute Gasteiger partial charge is 0.496 e. The van der Waals surface area contributed by atoms with Gasteiger partial charge in [0.1, 0.15) is 11.3 Å². The molecule has 22 heavy (non-hydrogen) atoms. The summed E-state index contributed by atoms with van der Waals surface area (Å²) >= 11 is 0. The Balaban J connectivity index is 2.75. The van der Waals surface area contributed by atoms with Crippen LogP contribution >= 0.6 is 0 Å². The van der Waals surface area contributed by atoms with Gasteiger partial charge in [0.15, 0.2) is 0 Å². The van der Waals surface area contributed by atoms with E-state index >= 15 is 0 Å². The first kappa shape index (κ1) is 16.1. The van der Waals surface area contributed by atoms with Gasteiger partial charge in [0.2, 0.25) is 5.88 Å². The average molecular weight is 303 g/mol. The van der Waals surface area contributed by atoms with Gasteiger partial charge in [-0.2, -0.15) is 0 Å². The molecule has 0 N–H and O–H groups in total. The zero-order chi connectivity index (χ0) is 16.1. The third-order valence-electron chi connectivity index (χ3n) is 3.62. The maximum absolute atomic E-state index is 12.1. The van der Waals surface area contributed by atoms with Crippen molar-refractivity contribution in [1.29, 1.82) is 0 Å². The maximum atomic E-state index is 12.1. The van der Waals surface area contributed by atoms with E-state index in [2.05, 4.69) is 11.9 Å². The lowest BCUT2D eigenvalue weighted by molar-refractivity contribution is 0.0599. The van der Waals surface area contributed by atoms with E-state index in [-0.39, 0.29) is 0 Å². The highest BCUT2D eigenvalue weighted by molar-refractivity contribution is 6.06. The number of carbonyl (C=O) groups excluding carboxylic acids is 1. The summed E-state index contributed by atoms with van der Waals surface area (Å²) in [4.78, 5) is 16.6. The number of rotatable bonds is 6. The summed E-state index contributed by atoms with van der Waals surface area (Å²) in [6.45, 7) is 2.14. The van der Waals surface area contributed by atoms with Gasteiger partial charge in [0, 0.05) is 11.5 Å². The molecule has 0 amide bonds. The highest BCUT2D eigenvalue weighted by Crippen LogP contribution is 2.32. The number of nitrogens with zero attached hydrogens (tertiary/aromatic N) is 1. The molecule has 0 saturated heterocycles. The highest BCUT2D eigenvalue weighted by atomic mass is 16.5. The second-order valence-corrected chi connectivity index (χ2v) is 4.96. The molecule has 0 fully saturated rings.